The van der Waals surface area contributed by atoms with Gasteiger partial charge in [0.25, 0.3) is 0 Å². The first kappa shape index (κ1) is 12.0. The van der Waals surface area contributed by atoms with Gasteiger partial charge in [0, 0.05) is 23.8 Å². The van der Waals surface area contributed by atoms with E-state index in [1.54, 1.807) is 30.1 Å². The number of rotatable bonds is 3. The fraction of sp³-hybridized carbons (Fsp3) is 0.182. The van der Waals surface area contributed by atoms with Crippen LogP contribution in [0.2, 0.25) is 5.02 Å². The molecule has 2 rings (SSSR count). The first-order chi connectivity index (χ1) is 8.13. The molecule has 2 aromatic rings. The molecule has 0 bridgehead atoms. The van der Waals surface area contributed by atoms with E-state index in [1.165, 1.54) is 12.1 Å². The van der Waals surface area contributed by atoms with E-state index >= 15 is 0 Å². The molecule has 1 atom stereocenters. The molecule has 4 nitrogen and oxygen atoms in total. The highest BCUT2D eigenvalue weighted by Gasteiger charge is 2.19. The summed E-state index contributed by atoms with van der Waals surface area (Å²) in [5.41, 5.74) is 3.72. The first-order valence-electron chi connectivity index (χ1n) is 5.02. The van der Waals surface area contributed by atoms with Gasteiger partial charge in [-0.15, -0.1) is 0 Å². The molecule has 0 aliphatic carbocycles. The van der Waals surface area contributed by atoms with Crippen molar-refractivity contribution in [1.82, 2.24) is 15.2 Å². The van der Waals surface area contributed by atoms with Crippen LogP contribution in [0.4, 0.5) is 4.39 Å². The van der Waals surface area contributed by atoms with E-state index in [0.717, 1.165) is 5.69 Å². The minimum Gasteiger partial charge on any atom is -0.271 e. The number of hydrazine groups is 1. The fourth-order valence-electron chi connectivity index (χ4n) is 1.74. The highest BCUT2D eigenvalue weighted by Crippen LogP contribution is 2.25. The van der Waals surface area contributed by atoms with Crippen LogP contribution < -0.4 is 11.3 Å². The predicted octanol–water partition coefficient (Wildman–Crippen LogP) is 1.77. The molecule has 0 aliphatic heterocycles. The van der Waals surface area contributed by atoms with Gasteiger partial charge in [-0.25, -0.2) is 9.82 Å². The SMILES string of the molecule is Cn1nccc1C(NN)c1cc(Cl)ccc1F. The molecule has 3 N–H and O–H groups in total. The quantitative estimate of drug-likeness (QED) is 0.648. The highest BCUT2D eigenvalue weighted by molar-refractivity contribution is 6.30. The Bertz CT molecular complexity index is 526. The van der Waals surface area contributed by atoms with Crippen LogP contribution in [-0.4, -0.2) is 9.78 Å². The van der Waals surface area contributed by atoms with Gasteiger partial charge in [-0.05, 0) is 24.3 Å². The van der Waals surface area contributed by atoms with E-state index in [1.807, 2.05) is 0 Å². The molecule has 0 fully saturated rings. The van der Waals surface area contributed by atoms with E-state index in [0.29, 0.717) is 10.6 Å². The van der Waals surface area contributed by atoms with Crippen molar-refractivity contribution in [1.29, 1.82) is 0 Å². The Morgan fingerprint density at radius 3 is 2.82 bits per heavy atom. The second-order valence-electron chi connectivity index (χ2n) is 3.65. The van der Waals surface area contributed by atoms with Crippen molar-refractivity contribution in [3.05, 3.63) is 52.6 Å². The molecule has 0 aliphatic rings. The minimum atomic E-state index is -0.485. The van der Waals surface area contributed by atoms with Gasteiger partial charge in [0.2, 0.25) is 0 Å². The number of halogens is 2. The largest absolute Gasteiger partial charge is 0.271 e. The molecule has 17 heavy (non-hydrogen) atoms. The van der Waals surface area contributed by atoms with Gasteiger partial charge in [0.15, 0.2) is 0 Å². The van der Waals surface area contributed by atoms with Crippen molar-refractivity contribution in [2.75, 3.05) is 0 Å². The van der Waals surface area contributed by atoms with Gasteiger partial charge in [-0.3, -0.25) is 10.5 Å². The molecule has 0 saturated heterocycles. The van der Waals surface area contributed by atoms with Gasteiger partial charge >= 0.3 is 0 Å². The number of hydrogen-bond donors (Lipinski definition) is 2. The normalized spacial score (nSPS) is 12.7. The Balaban J connectivity index is 2.49. The van der Waals surface area contributed by atoms with Crippen LogP contribution in [0, 0.1) is 5.82 Å². The third-order valence-electron chi connectivity index (χ3n) is 2.59. The van der Waals surface area contributed by atoms with Crippen molar-refractivity contribution in [3.8, 4) is 0 Å². The van der Waals surface area contributed by atoms with E-state index < -0.39 is 6.04 Å². The van der Waals surface area contributed by atoms with Crippen molar-refractivity contribution < 1.29 is 4.39 Å². The lowest BCUT2D eigenvalue weighted by Crippen LogP contribution is -2.31. The molecule has 1 aromatic carbocycles. The van der Waals surface area contributed by atoms with Gasteiger partial charge in [0.05, 0.1) is 11.7 Å². The molecular formula is C11H12ClFN4. The van der Waals surface area contributed by atoms with Crippen LogP contribution >= 0.6 is 11.6 Å². The Labute approximate surface area is 103 Å². The lowest BCUT2D eigenvalue weighted by molar-refractivity contribution is 0.533. The van der Waals surface area contributed by atoms with Crippen LogP contribution in [0.1, 0.15) is 17.3 Å². The maximum absolute atomic E-state index is 13.7. The molecule has 1 unspecified atom stereocenters. The van der Waals surface area contributed by atoms with Crippen molar-refractivity contribution in [2.24, 2.45) is 12.9 Å². The number of benzene rings is 1. The standard InChI is InChI=1S/C11H12ClFN4/c1-17-10(4-5-15-17)11(16-14)8-6-7(12)2-3-9(8)13/h2-6,11,16H,14H2,1H3. The lowest BCUT2D eigenvalue weighted by atomic mass is 10.0. The summed E-state index contributed by atoms with van der Waals surface area (Å²) in [4.78, 5) is 0. The molecule has 0 spiro atoms. The molecule has 6 heteroatoms. The van der Waals surface area contributed by atoms with Gasteiger partial charge < -0.3 is 0 Å². The van der Waals surface area contributed by atoms with Gasteiger partial charge in [0.1, 0.15) is 5.82 Å². The van der Waals surface area contributed by atoms with Crippen LogP contribution in [0.5, 0.6) is 0 Å². The van der Waals surface area contributed by atoms with Gasteiger partial charge in [-0.2, -0.15) is 5.10 Å². The zero-order chi connectivity index (χ0) is 12.4. The number of hydrogen-bond acceptors (Lipinski definition) is 3. The smallest absolute Gasteiger partial charge is 0.128 e. The molecular weight excluding hydrogens is 243 g/mol. The van der Waals surface area contributed by atoms with Crippen molar-refractivity contribution in [3.63, 3.8) is 0 Å². The first-order valence-corrected chi connectivity index (χ1v) is 5.40. The molecule has 0 amide bonds. The Morgan fingerprint density at radius 2 is 2.24 bits per heavy atom. The molecule has 90 valence electrons. The van der Waals surface area contributed by atoms with Crippen molar-refractivity contribution in [2.45, 2.75) is 6.04 Å². The molecule has 0 saturated carbocycles. The second-order valence-corrected chi connectivity index (χ2v) is 4.08. The van der Waals surface area contributed by atoms with Crippen LogP contribution in [0.15, 0.2) is 30.5 Å². The zero-order valence-electron chi connectivity index (χ0n) is 9.19. The predicted molar refractivity (Wildman–Crippen MR) is 63.8 cm³/mol. The summed E-state index contributed by atoms with van der Waals surface area (Å²) in [6.45, 7) is 0. The summed E-state index contributed by atoms with van der Waals surface area (Å²) < 4.78 is 15.4. The minimum absolute atomic E-state index is 0.362. The average molecular weight is 255 g/mol. The number of aromatic nitrogens is 2. The Hall–Kier alpha value is -1.43. The number of nitrogens with two attached hydrogens (primary N) is 1. The van der Waals surface area contributed by atoms with E-state index in [2.05, 4.69) is 10.5 Å². The van der Waals surface area contributed by atoms with Crippen LogP contribution in [-0.2, 0) is 7.05 Å². The summed E-state index contributed by atoms with van der Waals surface area (Å²) in [6, 6.07) is 5.65. The van der Waals surface area contributed by atoms with E-state index in [9.17, 15) is 4.39 Å². The van der Waals surface area contributed by atoms with E-state index in [4.69, 9.17) is 17.4 Å². The Morgan fingerprint density at radius 1 is 1.47 bits per heavy atom. The average Bonchev–Trinajstić information content (AvgIpc) is 2.71. The van der Waals surface area contributed by atoms with Crippen LogP contribution in [0.25, 0.3) is 0 Å². The summed E-state index contributed by atoms with van der Waals surface area (Å²) in [6.07, 6.45) is 1.63. The molecule has 1 heterocycles. The fourth-order valence-corrected chi connectivity index (χ4v) is 1.92. The zero-order valence-corrected chi connectivity index (χ0v) is 9.95. The number of aryl methyl sites for hydroxylation is 1. The van der Waals surface area contributed by atoms with Crippen molar-refractivity contribution >= 4 is 11.6 Å². The summed E-state index contributed by atoms with van der Waals surface area (Å²) in [7, 11) is 1.77. The third kappa shape index (κ3) is 2.31. The third-order valence-corrected chi connectivity index (χ3v) is 2.83. The maximum atomic E-state index is 13.7. The Kier molecular flexibility index (Phi) is 3.42. The number of nitrogens with zero attached hydrogens (tertiary/aromatic N) is 2. The number of nitrogens with one attached hydrogen (secondary N) is 1. The van der Waals surface area contributed by atoms with Crippen LogP contribution in [0.3, 0.4) is 0 Å². The molecule has 1 aromatic heterocycles. The maximum Gasteiger partial charge on any atom is 0.128 e. The summed E-state index contributed by atoms with van der Waals surface area (Å²) in [5.74, 6) is 5.12. The summed E-state index contributed by atoms with van der Waals surface area (Å²) >= 11 is 5.86. The molecule has 0 radical (unpaired) electrons. The van der Waals surface area contributed by atoms with Gasteiger partial charge in [-0.1, -0.05) is 11.6 Å². The topological polar surface area (TPSA) is 55.9 Å². The summed E-state index contributed by atoms with van der Waals surface area (Å²) in [5, 5.41) is 4.49. The van der Waals surface area contributed by atoms with E-state index in [-0.39, 0.29) is 5.82 Å². The highest BCUT2D eigenvalue weighted by atomic mass is 35.5. The lowest BCUT2D eigenvalue weighted by Gasteiger charge is -2.17. The second kappa shape index (κ2) is 4.83. The monoisotopic (exact) mass is 254 g/mol.